The zero-order valence-corrected chi connectivity index (χ0v) is 15.2. The van der Waals surface area contributed by atoms with E-state index in [2.05, 4.69) is 54.7 Å². The van der Waals surface area contributed by atoms with Gasteiger partial charge in [-0.1, -0.05) is 23.5 Å². The summed E-state index contributed by atoms with van der Waals surface area (Å²) in [6.07, 6.45) is 0. The Kier molecular flexibility index (Phi) is 5.38. The van der Waals surface area contributed by atoms with Crippen molar-refractivity contribution in [1.29, 1.82) is 0 Å². The van der Waals surface area contributed by atoms with Gasteiger partial charge in [0.2, 0.25) is 8.24 Å². The zero-order chi connectivity index (χ0) is 15.4. The summed E-state index contributed by atoms with van der Waals surface area (Å²) in [7, 11) is 0.216. The summed E-state index contributed by atoms with van der Waals surface area (Å²) >= 11 is 0. The van der Waals surface area contributed by atoms with Crippen LogP contribution in [-0.2, 0) is 0 Å². The van der Waals surface area contributed by atoms with E-state index in [0.717, 1.165) is 11.1 Å². The second-order valence-corrected chi connectivity index (χ2v) is 13.7. The van der Waals surface area contributed by atoms with E-state index in [1.807, 2.05) is 37.4 Å². The molecule has 0 amide bonds. The molecular weight excluding hydrogens is 278 g/mol. The first-order chi connectivity index (χ1) is 9.10. The van der Waals surface area contributed by atoms with Crippen LogP contribution in [0.1, 0.15) is 11.1 Å². The first-order valence-corrected chi connectivity index (χ1v) is 12.6. The van der Waals surface area contributed by atoms with Gasteiger partial charge in [-0.3, -0.25) is 0 Å². The van der Waals surface area contributed by atoms with Gasteiger partial charge in [0.25, 0.3) is 8.32 Å². The Bertz CT molecular complexity index is 593. The Morgan fingerprint density at radius 3 is 1.90 bits per heavy atom. The third-order valence-corrected chi connectivity index (χ3v) is 6.72. The van der Waals surface area contributed by atoms with E-state index in [0.29, 0.717) is 0 Å². The summed E-state index contributed by atoms with van der Waals surface area (Å²) < 4.78 is 2.23. The molecule has 1 rings (SSSR count). The van der Waals surface area contributed by atoms with E-state index in [1.54, 1.807) is 0 Å². The molecule has 106 valence electrons. The van der Waals surface area contributed by atoms with Gasteiger partial charge in [0, 0.05) is 11.1 Å². The van der Waals surface area contributed by atoms with Crippen LogP contribution in [0.3, 0.4) is 0 Å². The first-order valence-electron chi connectivity index (χ1n) is 6.66. The zero-order valence-electron chi connectivity index (χ0n) is 13.2. The lowest BCUT2D eigenvalue weighted by Crippen LogP contribution is -2.42. The molecule has 4 heteroatoms. The fourth-order valence-corrected chi connectivity index (χ4v) is 2.36. The maximum atomic E-state index is 9.76. The van der Waals surface area contributed by atoms with Gasteiger partial charge in [-0.2, -0.15) is 0 Å². The van der Waals surface area contributed by atoms with E-state index >= 15 is 0 Å². The van der Waals surface area contributed by atoms with Crippen LogP contribution in [0.2, 0.25) is 26.2 Å². The quantitative estimate of drug-likeness (QED) is 0.636. The van der Waals surface area contributed by atoms with Crippen molar-refractivity contribution in [3.8, 4) is 22.9 Å². The van der Waals surface area contributed by atoms with E-state index in [4.69, 9.17) is 0 Å². The van der Waals surface area contributed by atoms with Gasteiger partial charge in [0.15, 0.2) is 0 Å². The average Bonchev–Trinajstić information content (AvgIpc) is 2.34. The minimum absolute atomic E-state index is 0.913. The Labute approximate surface area is 125 Å². The van der Waals surface area contributed by atoms with Crippen LogP contribution in [0.4, 0.5) is 0 Å². The summed E-state index contributed by atoms with van der Waals surface area (Å²) in [5.41, 5.74) is 8.25. The second-order valence-electron chi connectivity index (χ2n) is 6.09. The lowest BCUT2D eigenvalue weighted by Gasteiger charge is -2.23. The van der Waals surface area contributed by atoms with Gasteiger partial charge in [0.05, 0.1) is 0 Å². The molecule has 1 N–H and O–H groups in total. The summed E-state index contributed by atoms with van der Waals surface area (Å²) in [5.74, 6) is 6.29. The summed E-state index contributed by atoms with van der Waals surface area (Å²) in [6, 6.07) is 7.90. The number of benzene rings is 1. The third-order valence-electron chi connectivity index (χ3n) is 3.01. The second kappa shape index (κ2) is 6.43. The van der Waals surface area contributed by atoms with Gasteiger partial charge in [-0.05, 0) is 58.5 Å². The van der Waals surface area contributed by atoms with Crippen LogP contribution in [0.25, 0.3) is 0 Å². The van der Waals surface area contributed by atoms with Crippen molar-refractivity contribution in [2.24, 2.45) is 0 Å². The molecule has 0 aliphatic carbocycles. The highest BCUT2D eigenvalue weighted by molar-refractivity contribution is 6.82. The Balaban J connectivity index is 3.01. The molecule has 1 aromatic carbocycles. The van der Waals surface area contributed by atoms with Crippen LogP contribution in [-0.4, -0.2) is 40.0 Å². The predicted octanol–water partition coefficient (Wildman–Crippen LogP) is 2.43. The Morgan fingerprint density at radius 1 is 0.950 bits per heavy atom. The molecule has 0 aliphatic rings. The van der Waals surface area contributed by atoms with Crippen molar-refractivity contribution in [1.82, 2.24) is 4.57 Å². The van der Waals surface area contributed by atoms with Gasteiger partial charge >= 0.3 is 0 Å². The molecule has 0 atom stereocenters. The lowest BCUT2D eigenvalue weighted by atomic mass is 10.1. The number of hydrogen-bond acceptors (Lipinski definition) is 2. The highest BCUT2D eigenvalue weighted by atomic mass is 28.4. The van der Waals surface area contributed by atoms with Gasteiger partial charge in [-0.25, -0.2) is 0 Å². The first kappa shape index (κ1) is 16.7. The number of nitrogens with zero attached hydrogens (tertiary/aromatic N) is 1. The molecule has 0 aromatic heterocycles. The maximum Gasteiger partial charge on any atom is 0.263 e. The highest BCUT2D eigenvalue weighted by Crippen LogP contribution is 2.06. The fraction of sp³-hybridized carbons (Fsp3) is 0.375. The van der Waals surface area contributed by atoms with Crippen molar-refractivity contribution >= 4 is 16.6 Å². The van der Waals surface area contributed by atoms with Crippen LogP contribution in [0, 0.1) is 22.9 Å². The monoisotopic (exact) mass is 301 g/mol. The molecule has 0 saturated heterocycles. The van der Waals surface area contributed by atoms with Crippen LogP contribution < -0.4 is 0 Å². The molecule has 0 saturated carbocycles. The Hall–Kier alpha value is -1.31. The Morgan fingerprint density at radius 2 is 1.45 bits per heavy atom. The lowest BCUT2D eigenvalue weighted by molar-refractivity contribution is 0.570. The van der Waals surface area contributed by atoms with Crippen molar-refractivity contribution < 1.29 is 4.80 Å². The smallest absolute Gasteiger partial charge is 0.263 e. The van der Waals surface area contributed by atoms with Crippen LogP contribution in [0.5, 0.6) is 0 Å². The molecule has 0 radical (unpaired) electrons. The summed E-state index contributed by atoms with van der Waals surface area (Å²) in [6.45, 7) is 8.08. The number of hydrogen-bond donors (Lipinski definition) is 1. The van der Waals surface area contributed by atoms with E-state index < -0.39 is 16.6 Å². The molecule has 0 spiro atoms. The van der Waals surface area contributed by atoms with Gasteiger partial charge in [0.1, 0.15) is 0 Å². The minimum atomic E-state index is -2.32. The van der Waals surface area contributed by atoms with Crippen molar-refractivity contribution in [3.05, 3.63) is 35.4 Å². The topological polar surface area (TPSA) is 23.5 Å². The standard InChI is InChI=1S/C16H23NOSi2/c1-17(2)19(3,4)12-10-15-8-7-9-16(14-15)11-13-20(5,6)18/h7-9,14,18H,1-6H3. The van der Waals surface area contributed by atoms with Gasteiger partial charge < -0.3 is 9.36 Å². The molecule has 0 fully saturated rings. The van der Waals surface area contributed by atoms with Crippen molar-refractivity contribution in [3.63, 3.8) is 0 Å². The molecule has 1 aromatic rings. The summed E-state index contributed by atoms with van der Waals surface area (Å²) in [4.78, 5) is 9.76. The van der Waals surface area contributed by atoms with Crippen molar-refractivity contribution in [2.45, 2.75) is 26.2 Å². The molecule has 0 unspecified atom stereocenters. The third kappa shape index (κ3) is 5.77. The fourth-order valence-electron chi connectivity index (χ4n) is 1.24. The van der Waals surface area contributed by atoms with E-state index in [-0.39, 0.29) is 0 Å². The van der Waals surface area contributed by atoms with Gasteiger partial charge in [-0.15, -0.1) is 5.54 Å². The number of rotatable bonds is 1. The minimum Gasteiger partial charge on any atom is -0.422 e. The molecule has 0 aliphatic heterocycles. The average molecular weight is 302 g/mol. The maximum absolute atomic E-state index is 9.76. The normalized spacial score (nSPS) is 11.4. The van der Waals surface area contributed by atoms with Crippen LogP contribution in [0.15, 0.2) is 24.3 Å². The molecular formula is C16H23NOSi2. The predicted molar refractivity (Wildman–Crippen MR) is 91.1 cm³/mol. The molecule has 20 heavy (non-hydrogen) atoms. The highest BCUT2D eigenvalue weighted by Gasteiger charge is 2.20. The molecule has 2 nitrogen and oxygen atoms in total. The van der Waals surface area contributed by atoms with Crippen LogP contribution >= 0.6 is 0 Å². The largest absolute Gasteiger partial charge is 0.422 e. The molecule has 0 heterocycles. The van der Waals surface area contributed by atoms with E-state index in [9.17, 15) is 4.80 Å². The van der Waals surface area contributed by atoms with E-state index in [1.165, 1.54) is 0 Å². The molecule has 0 bridgehead atoms. The van der Waals surface area contributed by atoms with Crippen molar-refractivity contribution in [2.75, 3.05) is 14.1 Å². The SMILES string of the molecule is CN(C)[Si](C)(C)C#Cc1cccc(C#C[Si](C)(C)O)c1. The summed E-state index contributed by atoms with van der Waals surface area (Å²) in [5, 5.41) is 0.